The highest BCUT2D eigenvalue weighted by Gasteiger charge is 2.34. The van der Waals surface area contributed by atoms with Crippen molar-refractivity contribution in [2.75, 3.05) is 0 Å². The topological polar surface area (TPSA) is 78.9 Å². The van der Waals surface area contributed by atoms with E-state index in [1.807, 2.05) is 0 Å². The highest BCUT2D eigenvalue weighted by molar-refractivity contribution is 7.48. The molecule has 0 aromatic rings. The first-order valence-electron chi connectivity index (χ1n) is 4.41. The molecule has 0 rings (SSSR count). The van der Waals surface area contributed by atoms with Crippen LogP contribution in [0.15, 0.2) is 35.8 Å². The lowest BCUT2D eigenvalue weighted by atomic mass is 10.3. The molecule has 6 nitrogen and oxygen atoms in total. The van der Waals surface area contributed by atoms with Crippen molar-refractivity contribution in [1.29, 1.82) is 0 Å². The molecule has 0 radical (unpaired) electrons. The summed E-state index contributed by atoms with van der Waals surface area (Å²) in [5, 5.41) is 0. The quantitative estimate of drug-likeness (QED) is 0.308. The van der Waals surface area contributed by atoms with E-state index < -0.39 is 19.3 Å². The highest BCUT2D eigenvalue weighted by atomic mass is 31.2. The van der Waals surface area contributed by atoms with Crippen LogP contribution in [-0.2, 0) is 27.9 Å². The van der Waals surface area contributed by atoms with Gasteiger partial charge in [-0.25, -0.2) is 14.2 Å². The van der Waals surface area contributed by atoms with E-state index in [1.165, 1.54) is 25.7 Å². The molecule has 0 aliphatic carbocycles. The minimum absolute atomic E-state index is 0.163. The van der Waals surface area contributed by atoms with E-state index in [9.17, 15) is 18.7 Å². The van der Waals surface area contributed by atoms with E-state index in [-0.39, 0.29) is 11.1 Å². The normalized spacial score (nSPS) is 12.4. The summed E-state index contributed by atoms with van der Waals surface area (Å²) in [4.78, 5) is 20.5. The largest absolute Gasteiger partial charge is 0.619 e. The van der Waals surface area contributed by atoms with Crippen LogP contribution in [-0.4, -0.2) is 11.9 Å². The highest BCUT2D eigenvalue weighted by Crippen LogP contribution is 2.54. The fourth-order valence-electron chi connectivity index (χ4n) is 0.567. The van der Waals surface area contributed by atoms with Gasteiger partial charge < -0.3 is 9.05 Å². The molecule has 0 spiro atoms. The molecule has 0 saturated heterocycles. The minimum atomic E-state index is -4.71. The Hall–Kier alpha value is -1.90. The standard InChI is InChI=1S/C10H10FO6P/c1-7(5-12)9(3)15-18(14,17-11)16-10(4)8(2)6-13/h3-4H2,1-2H3. The van der Waals surface area contributed by atoms with Crippen molar-refractivity contribution in [2.24, 2.45) is 0 Å². The van der Waals surface area contributed by atoms with Crippen LogP contribution in [0.2, 0.25) is 0 Å². The molecule has 0 atom stereocenters. The number of hydrogen-bond acceptors (Lipinski definition) is 6. The first-order valence-corrected chi connectivity index (χ1v) is 5.87. The number of phosphoric acid groups is 1. The second-order valence-electron chi connectivity index (χ2n) is 3.00. The molecule has 0 bridgehead atoms. The number of phosphoric ester groups is 1. The van der Waals surface area contributed by atoms with Gasteiger partial charge in [0.25, 0.3) is 0 Å². The number of allylic oxidation sites excluding steroid dienone is 2. The molecule has 0 N–H and O–H groups in total. The monoisotopic (exact) mass is 276 g/mol. The molecule has 0 heterocycles. The van der Waals surface area contributed by atoms with Gasteiger partial charge in [0.15, 0.2) is 0 Å². The summed E-state index contributed by atoms with van der Waals surface area (Å²) in [6.45, 7) is 8.87. The fourth-order valence-corrected chi connectivity index (χ4v) is 1.47. The SMILES string of the molecule is C=C(OP(=O)(OF)OC(=C)C(C)=C=O)C(C)=C=O. The maximum absolute atomic E-state index is 12.2. The molecule has 0 aromatic carbocycles. The summed E-state index contributed by atoms with van der Waals surface area (Å²) < 4.78 is 35.7. The number of carbonyl (C=O) groups excluding carboxylic acids is 2. The Morgan fingerprint density at radius 3 is 1.61 bits per heavy atom. The van der Waals surface area contributed by atoms with Crippen LogP contribution in [0, 0.1) is 0 Å². The molecule has 0 aliphatic rings. The third kappa shape index (κ3) is 4.53. The molecular weight excluding hydrogens is 266 g/mol. The van der Waals surface area contributed by atoms with Crippen LogP contribution in [0.3, 0.4) is 0 Å². The third-order valence-electron chi connectivity index (χ3n) is 1.67. The first kappa shape index (κ1) is 16.1. The second-order valence-corrected chi connectivity index (χ2v) is 4.40. The van der Waals surface area contributed by atoms with Gasteiger partial charge >= 0.3 is 7.82 Å². The van der Waals surface area contributed by atoms with Crippen molar-refractivity contribution in [2.45, 2.75) is 13.8 Å². The number of hydrogen-bond donors (Lipinski definition) is 0. The van der Waals surface area contributed by atoms with E-state index in [0.29, 0.717) is 0 Å². The average Bonchev–Trinajstić information content (AvgIpc) is 2.36. The molecule has 0 fully saturated rings. The van der Waals surface area contributed by atoms with Crippen molar-refractivity contribution >= 4 is 19.7 Å². The molecule has 18 heavy (non-hydrogen) atoms. The van der Waals surface area contributed by atoms with Crippen molar-refractivity contribution in [1.82, 2.24) is 0 Å². The van der Waals surface area contributed by atoms with Gasteiger partial charge in [0, 0.05) is 0 Å². The predicted octanol–water partition coefficient (Wildman–Crippen LogP) is 2.61. The van der Waals surface area contributed by atoms with Crippen molar-refractivity contribution in [3.8, 4) is 0 Å². The molecule has 0 aliphatic heterocycles. The van der Waals surface area contributed by atoms with Crippen LogP contribution in [0.5, 0.6) is 0 Å². The fraction of sp³-hybridized carbons (Fsp3) is 0.200. The lowest BCUT2D eigenvalue weighted by Crippen LogP contribution is -1.98. The molecular formula is C10H10FO6P. The van der Waals surface area contributed by atoms with Crippen LogP contribution < -0.4 is 0 Å². The van der Waals surface area contributed by atoms with Gasteiger partial charge in [0.2, 0.25) is 0 Å². The Morgan fingerprint density at radius 1 is 1.06 bits per heavy atom. The molecule has 0 unspecified atom stereocenters. The number of rotatable bonds is 7. The van der Waals surface area contributed by atoms with E-state index >= 15 is 0 Å². The Labute approximate surface area is 103 Å². The van der Waals surface area contributed by atoms with Gasteiger partial charge in [-0.15, -0.1) is 0 Å². The zero-order valence-electron chi connectivity index (χ0n) is 9.69. The van der Waals surface area contributed by atoms with Gasteiger partial charge in [0.05, 0.1) is 11.1 Å². The van der Waals surface area contributed by atoms with Crippen molar-refractivity contribution < 1.29 is 32.5 Å². The Morgan fingerprint density at radius 2 is 1.39 bits per heavy atom. The number of halogens is 1. The van der Waals surface area contributed by atoms with Gasteiger partial charge in [-0.2, -0.15) is 0 Å². The summed E-state index contributed by atoms with van der Waals surface area (Å²) in [7, 11) is -4.71. The van der Waals surface area contributed by atoms with Gasteiger partial charge in [-0.3, -0.25) is 0 Å². The molecule has 0 amide bonds. The van der Waals surface area contributed by atoms with Gasteiger partial charge in [-0.1, -0.05) is 17.9 Å². The smallest absolute Gasteiger partial charge is 0.393 e. The minimum Gasteiger partial charge on any atom is -0.393 e. The molecule has 0 saturated carbocycles. The van der Waals surface area contributed by atoms with Crippen molar-refractivity contribution in [3.63, 3.8) is 0 Å². The maximum Gasteiger partial charge on any atom is 0.619 e. The maximum atomic E-state index is 12.2. The summed E-state index contributed by atoms with van der Waals surface area (Å²) in [5.41, 5.74) is -0.326. The van der Waals surface area contributed by atoms with Crippen LogP contribution >= 0.6 is 7.82 Å². The third-order valence-corrected chi connectivity index (χ3v) is 2.73. The second kappa shape index (κ2) is 6.74. The van der Waals surface area contributed by atoms with E-state index in [1.54, 1.807) is 0 Å². The molecule has 0 aromatic heterocycles. The molecule has 8 heteroatoms. The summed E-state index contributed by atoms with van der Waals surface area (Å²) in [5.74, 6) is 1.89. The van der Waals surface area contributed by atoms with E-state index in [0.717, 1.165) is 0 Å². The first-order chi connectivity index (χ1) is 8.29. The molecule has 98 valence electrons. The lowest BCUT2D eigenvalue weighted by Gasteiger charge is -2.16. The van der Waals surface area contributed by atoms with Crippen LogP contribution in [0.25, 0.3) is 0 Å². The zero-order chi connectivity index (χ0) is 14.3. The summed E-state index contributed by atoms with van der Waals surface area (Å²) in [6.07, 6.45) is 0. The Balaban J connectivity index is 5.00. The van der Waals surface area contributed by atoms with Crippen LogP contribution in [0.1, 0.15) is 13.8 Å². The zero-order valence-corrected chi connectivity index (χ0v) is 10.6. The average molecular weight is 276 g/mol. The van der Waals surface area contributed by atoms with Gasteiger partial charge in [0.1, 0.15) is 23.4 Å². The lowest BCUT2D eigenvalue weighted by molar-refractivity contribution is -0.0446. The Kier molecular flexibility index (Phi) is 6.03. The Bertz CT molecular complexity index is 468. The van der Waals surface area contributed by atoms with Crippen molar-refractivity contribution in [3.05, 3.63) is 35.8 Å². The van der Waals surface area contributed by atoms with Crippen LogP contribution in [0.4, 0.5) is 4.53 Å². The summed E-state index contributed by atoms with van der Waals surface area (Å²) >= 11 is 0. The van der Waals surface area contributed by atoms with Gasteiger partial charge in [-0.05, 0) is 18.4 Å². The van der Waals surface area contributed by atoms with E-state index in [2.05, 4.69) is 26.9 Å². The van der Waals surface area contributed by atoms with E-state index in [4.69, 9.17) is 0 Å². The summed E-state index contributed by atoms with van der Waals surface area (Å²) in [6, 6.07) is 0. The predicted molar refractivity (Wildman–Crippen MR) is 60.0 cm³/mol.